The van der Waals surface area contributed by atoms with Gasteiger partial charge in [-0.05, 0) is 89.9 Å². The first-order valence-corrected chi connectivity index (χ1v) is 35.9. The molecule has 0 rings (SSSR count). The molecule has 0 bridgehead atoms. The van der Waals surface area contributed by atoms with Crippen molar-refractivity contribution >= 4 is 17.9 Å². The predicted octanol–water partition coefficient (Wildman–Crippen LogP) is 24.8. The highest BCUT2D eigenvalue weighted by Crippen LogP contribution is 2.18. The molecule has 0 aromatic rings. The zero-order chi connectivity index (χ0) is 59.2. The summed E-state index contributed by atoms with van der Waals surface area (Å²) in [5.74, 6) is -0.862. The van der Waals surface area contributed by atoms with Crippen LogP contribution in [0.2, 0.25) is 0 Å². The Balaban J connectivity index is 4.27. The van der Waals surface area contributed by atoms with E-state index in [-0.39, 0.29) is 31.1 Å². The standard InChI is InChI=1S/C76H136O6/c1-4-7-10-13-16-19-22-25-28-31-33-34-35-36-37-38-39-40-41-42-43-46-48-51-54-57-60-63-66-69-75(78)81-72-73(71-80-74(77)68-65-62-59-56-53-50-47-44-30-27-24-21-18-15-12-9-6-3)82-76(79)70-67-64-61-58-55-52-49-45-32-29-26-23-20-17-14-11-8-5-2/h9,12,18,21-22,25,27,30-31,33,35-36,73H,4-8,10-11,13-17,19-20,23-24,26,28-29,32,34,37-72H2,1-3H3/b12-9-,21-18-,25-22-,30-27-,33-31-,36-35-. The van der Waals surface area contributed by atoms with E-state index in [0.29, 0.717) is 19.3 Å². The molecule has 1 unspecified atom stereocenters. The lowest BCUT2D eigenvalue weighted by Gasteiger charge is -2.18. The van der Waals surface area contributed by atoms with Crippen molar-refractivity contribution in [2.24, 2.45) is 0 Å². The number of unbranched alkanes of at least 4 members (excludes halogenated alkanes) is 43. The quantitative estimate of drug-likeness (QED) is 0.0261. The SMILES string of the molecule is CC/C=C\C/C=C\C/C=C\CCCCCCCCCC(=O)OCC(COC(=O)CCCCCCCCCCCCCCCC/C=C\C/C=C\C/C=C\CCCCCCC)OC(=O)CCCCCCCCCCCCCCCCCCCC. The fourth-order valence-corrected chi connectivity index (χ4v) is 10.6. The van der Waals surface area contributed by atoms with Crippen LogP contribution in [0.5, 0.6) is 0 Å². The first-order chi connectivity index (χ1) is 40.5. The summed E-state index contributed by atoms with van der Waals surface area (Å²) in [6.45, 7) is 6.57. The van der Waals surface area contributed by atoms with Crippen molar-refractivity contribution < 1.29 is 28.6 Å². The monoisotopic (exact) mass is 1150 g/mol. The van der Waals surface area contributed by atoms with Gasteiger partial charge in [0.2, 0.25) is 0 Å². The molecule has 0 spiro atoms. The Bertz CT molecular complexity index is 1500. The highest BCUT2D eigenvalue weighted by atomic mass is 16.6. The summed E-state index contributed by atoms with van der Waals surface area (Å²) in [5, 5.41) is 0. The summed E-state index contributed by atoms with van der Waals surface area (Å²) >= 11 is 0. The maximum atomic E-state index is 13.0. The van der Waals surface area contributed by atoms with Crippen molar-refractivity contribution in [1.29, 1.82) is 0 Å². The molecule has 6 heteroatoms. The van der Waals surface area contributed by atoms with E-state index in [0.717, 1.165) is 96.3 Å². The van der Waals surface area contributed by atoms with Crippen LogP contribution in [0.15, 0.2) is 72.9 Å². The van der Waals surface area contributed by atoms with Gasteiger partial charge in [0, 0.05) is 19.3 Å². The average molecular weight is 1150 g/mol. The molecule has 0 N–H and O–H groups in total. The first-order valence-electron chi connectivity index (χ1n) is 35.9. The smallest absolute Gasteiger partial charge is 0.306 e. The van der Waals surface area contributed by atoms with Gasteiger partial charge < -0.3 is 14.2 Å². The number of hydrogen-bond donors (Lipinski definition) is 0. The Labute approximate surface area is 510 Å². The topological polar surface area (TPSA) is 78.9 Å². The molecule has 82 heavy (non-hydrogen) atoms. The minimum Gasteiger partial charge on any atom is -0.462 e. The second-order valence-electron chi connectivity index (χ2n) is 24.1. The van der Waals surface area contributed by atoms with Gasteiger partial charge in [-0.1, -0.05) is 338 Å². The molecule has 0 amide bonds. The molecule has 0 aliphatic heterocycles. The van der Waals surface area contributed by atoms with Gasteiger partial charge >= 0.3 is 17.9 Å². The Morgan fingerprint density at radius 2 is 0.476 bits per heavy atom. The number of hydrogen-bond acceptors (Lipinski definition) is 6. The van der Waals surface area contributed by atoms with Gasteiger partial charge in [-0.2, -0.15) is 0 Å². The maximum absolute atomic E-state index is 13.0. The Morgan fingerprint density at radius 3 is 0.744 bits per heavy atom. The molecule has 0 aliphatic rings. The average Bonchev–Trinajstić information content (AvgIpc) is 3.47. The molecule has 476 valence electrons. The minimum atomic E-state index is -0.779. The summed E-state index contributed by atoms with van der Waals surface area (Å²) in [6, 6.07) is 0. The van der Waals surface area contributed by atoms with E-state index in [9.17, 15) is 14.4 Å². The molecule has 0 saturated heterocycles. The van der Waals surface area contributed by atoms with Crippen molar-refractivity contribution in [3.63, 3.8) is 0 Å². The molecular weight excluding hydrogens is 1010 g/mol. The van der Waals surface area contributed by atoms with E-state index < -0.39 is 6.10 Å². The zero-order valence-corrected chi connectivity index (χ0v) is 54.8. The number of carbonyl (C=O) groups is 3. The number of rotatable bonds is 66. The zero-order valence-electron chi connectivity index (χ0n) is 54.8. The normalized spacial score (nSPS) is 12.5. The molecule has 6 nitrogen and oxygen atoms in total. The fraction of sp³-hybridized carbons (Fsp3) is 0.803. The Kier molecular flexibility index (Phi) is 67.6. The molecule has 0 aliphatic carbocycles. The summed E-state index contributed by atoms with van der Waals surface area (Å²) in [6.07, 6.45) is 92.1. The van der Waals surface area contributed by atoms with Gasteiger partial charge in [-0.25, -0.2) is 0 Å². The van der Waals surface area contributed by atoms with Crippen molar-refractivity contribution in [1.82, 2.24) is 0 Å². The molecular formula is C76H136O6. The van der Waals surface area contributed by atoms with Crippen LogP contribution < -0.4 is 0 Å². The maximum Gasteiger partial charge on any atom is 0.306 e. The highest BCUT2D eigenvalue weighted by molar-refractivity contribution is 5.71. The lowest BCUT2D eigenvalue weighted by molar-refractivity contribution is -0.167. The van der Waals surface area contributed by atoms with E-state index in [1.807, 2.05) is 0 Å². The third-order valence-corrected chi connectivity index (χ3v) is 15.9. The number of ether oxygens (including phenoxy) is 3. The third-order valence-electron chi connectivity index (χ3n) is 15.9. The molecule has 0 fully saturated rings. The van der Waals surface area contributed by atoms with Gasteiger partial charge in [-0.15, -0.1) is 0 Å². The van der Waals surface area contributed by atoms with Crippen LogP contribution in [-0.2, 0) is 28.6 Å². The largest absolute Gasteiger partial charge is 0.462 e. The van der Waals surface area contributed by atoms with Crippen LogP contribution in [0.4, 0.5) is 0 Å². The Hall–Kier alpha value is -3.15. The molecule has 0 heterocycles. The van der Waals surface area contributed by atoms with Gasteiger partial charge in [0.05, 0.1) is 0 Å². The molecule has 1 atom stereocenters. The van der Waals surface area contributed by atoms with Gasteiger partial charge in [0.15, 0.2) is 6.10 Å². The van der Waals surface area contributed by atoms with Gasteiger partial charge in [-0.3, -0.25) is 14.4 Å². The summed E-state index contributed by atoms with van der Waals surface area (Å²) in [7, 11) is 0. The summed E-state index contributed by atoms with van der Waals surface area (Å²) in [4.78, 5) is 38.5. The second kappa shape index (κ2) is 70.3. The van der Waals surface area contributed by atoms with Crippen LogP contribution in [-0.4, -0.2) is 37.2 Å². The minimum absolute atomic E-state index is 0.0747. The van der Waals surface area contributed by atoms with Crippen LogP contribution >= 0.6 is 0 Å². The second-order valence-corrected chi connectivity index (χ2v) is 24.1. The van der Waals surface area contributed by atoms with Crippen molar-refractivity contribution in [2.75, 3.05) is 13.2 Å². The lowest BCUT2D eigenvalue weighted by atomic mass is 10.0. The van der Waals surface area contributed by atoms with Crippen LogP contribution in [0, 0.1) is 0 Å². The third kappa shape index (κ3) is 67.6. The molecule has 0 radical (unpaired) electrons. The van der Waals surface area contributed by atoms with Crippen LogP contribution in [0.1, 0.15) is 374 Å². The fourth-order valence-electron chi connectivity index (χ4n) is 10.6. The summed E-state index contributed by atoms with van der Waals surface area (Å²) < 4.78 is 17.0. The number of esters is 3. The lowest BCUT2D eigenvalue weighted by Crippen LogP contribution is -2.30. The van der Waals surface area contributed by atoms with E-state index in [4.69, 9.17) is 14.2 Å². The summed E-state index contributed by atoms with van der Waals surface area (Å²) in [5.41, 5.74) is 0. The van der Waals surface area contributed by atoms with Crippen LogP contribution in [0.3, 0.4) is 0 Å². The van der Waals surface area contributed by atoms with E-state index in [1.54, 1.807) is 0 Å². The molecule has 0 aromatic carbocycles. The van der Waals surface area contributed by atoms with E-state index in [1.165, 1.54) is 238 Å². The predicted molar refractivity (Wildman–Crippen MR) is 358 cm³/mol. The highest BCUT2D eigenvalue weighted by Gasteiger charge is 2.19. The van der Waals surface area contributed by atoms with Gasteiger partial charge in [0.1, 0.15) is 13.2 Å². The van der Waals surface area contributed by atoms with Gasteiger partial charge in [0.25, 0.3) is 0 Å². The number of carbonyl (C=O) groups excluding carboxylic acids is 3. The first kappa shape index (κ1) is 78.8. The van der Waals surface area contributed by atoms with E-state index in [2.05, 4.69) is 93.7 Å². The van der Waals surface area contributed by atoms with Crippen molar-refractivity contribution in [3.8, 4) is 0 Å². The van der Waals surface area contributed by atoms with Crippen molar-refractivity contribution in [3.05, 3.63) is 72.9 Å². The molecule has 0 saturated carbocycles. The van der Waals surface area contributed by atoms with E-state index >= 15 is 0 Å². The Morgan fingerprint density at radius 1 is 0.256 bits per heavy atom. The van der Waals surface area contributed by atoms with Crippen LogP contribution in [0.25, 0.3) is 0 Å². The van der Waals surface area contributed by atoms with Crippen molar-refractivity contribution in [2.45, 2.75) is 380 Å². The number of allylic oxidation sites excluding steroid dienone is 12. The molecule has 0 aromatic heterocycles.